The van der Waals surface area contributed by atoms with Gasteiger partial charge in [-0.1, -0.05) is 12.1 Å². The molecule has 0 N–H and O–H groups in total. The monoisotopic (exact) mass is 431 g/mol. The molecule has 0 spiro atoms. The molecule has 6 heteroatoms. The van der Waals surface area contributed by atoms with Gasteiger partial charge in [-0.3, -0.25) is 4.79 Å². The van der Waals surface area contributed by atoms with Crippen molar-refractivity contribution in [2.45, 2.75) is 65.0 Å². The molecule has 1 aromatic carbocycles. The average Bonchev–Trinajstić information content (AvgIpc) is 3.64. The Morgan fingerprint density at radius 3 is 2.66 bits per heavy atom. The number of ether oxygens (including phenoxy) is 2. The Morgan fingerprint density at radius 1 is 1.09 bits per heavy atom. The molecule has 6 nitrogen and oxygen atoms in total. The van der Waals surface area contributed by atoms with Crippen LogP contribution in [0.25, 0.3) is 11.1 Å². The second-order valence-corrected chi connectivity index (χ2v) is 8.91. The summed E-state index contributed by atoms with van der Waals surface area (Å²) < 4.78 is 13.5. The number of hydrogen-bond donors (Lipinski definition) is 0. The molecule has 1 saturated carbocycles. The molecule has 2 aromatic heterocycles. The van der Waals surface area contributed by atoms with E-state index in [9.17, 15) is 4.79 Å². The van der Waals surface area contributed by atoms with Crippen molar-refractivity contribution in [2.24, 2.45) is 0 Å². The third-order valence-corrected chi connectivity index (χ3v) is 6.45. The van der Waals surface area contributed by atoms with Crippen LogP contribution in [0.3, 0.4) is 0 Å². The first-order valence-electron chi connectivity index (χ1n) is 11.5. The lowest BCUT2D eigenvalue weighted by molar-refractivity contribution is -0.0428. The number of aryl methyl sites for hydroxylation is 2. The normalized spacial score (nSPS) is 18.5. The fraction of sp³-hybridized carbons (Fsp3) is 0.423. The number of rotatable bonds is 5. The largest absolute Gasteiger partial charge is 0.439 e. The molecule has 1 aliphatic heterocycles. The van der Waals surface area contributed by atoms with Gasteiger partial charge in [0.05, 0.1) is 5.69 Å². The van der Waals surface area contributed by atoms with Crippen molar-refractivity contribution in [1.29, 1.82) is 0 Å². The van der Waals surface area contributed by atoms with Gasteiger partial charge >= 0.3 is 0 Å². The summed E-state index contributed by atoms with van der Waals surface area (Å²) in [6.07, 6.45) is 6.82. The summed E-state index contributed by atoms with van der Waals surface area (Å²) in [5.41, 5.74) is 5.54. The summed E-state index contributed by atoms with van der Waals surface area (Å²) in [7, 11) is 0. The van der Waals surface area contributed by atoms with E-state index >= 15 is 0 Å². The summed E-state index contributed by atoms with van der Waals surface area (Å²) in [6, 6.07) is 10.0. The molecule has 0 radical (unpaired) electrons. The first kappa shape index (κ1) is 20.9. The van der Waals surface area contributed by atoms with E-state index in [-0.39, 0.29) is 11.8 Å². The van der Waals surface area contributed by atoms with Crippen molar-refractivity contribution in [1.82, 2.24) is 14.8 Å². The van der Waals surface area contributed by atoms with E-state index in [4.69, 9.17) is 9.47 Å². The molecule has 1 aliphatic carbocycles. The second kappa shape index (κ2) is 8.51. The first-order chi connectivity index (χ1) is 15.5. The molecule has 3 aromatic rings. The van der Waals surface area contributed by atoms with E-state index in [0.717, 1.165) is 47.4 Å². The van der Waals surface area contributed by atoms with Crippen molar-refractivity contribution in [3.05, 3.63) is 69.3 Å². The predicted molar refractivity (Wildman–Crippen MR) is 123 cm³/mol. The van der Waals surface area contributed by atoms with Crippen LogP contribution >= 0.6 is 0 Å². The number of pyridine rings is 1. The Morgan fingerprint density at radius 2 is 1.94 bits per heavy atom. The predicted octanol–water partition coefficient (Wildman–Crippen LogP) is 5.60. The summed E-state index contributed by atoms with van der Waals surface area (Å²) >= 11 is 0. The molecule has 2 fully saturated rings. The van der Waals surface area contributed by atoms with Crippen molar-refractivity contribution >= 4 is 0 Å². The minimum atomic E-state index is -0.265. The molecular formula is C26H29N3O3. The minimum absolute atomic E-state index is 0.0835. The zero-order chi connectivity index (χ0) is 22.2. The van der Waals surface area contributed by atoms with Crippen LogP contribution in [0, 0.1) is 20.8 Å². The Bertz CT molecular complexity index is 1210. The van der Waals surface area contributed by atoms with E-state index in [0.29, 0.717) is 24.0 Å². The molecule has 0 bridgehead atoms. The van der Waals surface area contributed by atoms with Crippen LogP contribution in [0.2, 0.25) is 0 Å². The van der Waals surface area contributed by atoms with Gasteiger partial charge in [0, 0.05) is 29.5 Å². The van der Waals surface area contributed by atoms with Gasteiger partial charge < -0.3 is 9.47 Å². The highest BCUT2D eigenvalue weighted by molar-refractivity contribution is 5.72. The van der Waals surface area contributed by atoms with Crippen molar-refractivity contribution in [2.75, 3.05) is 6.61 Å². The number of nitrogens with zero attached hydrogens (tertiary/aromatic N) is 3. The van der Waals surface area contributed by atoms with E-state index in [2.05, 4.69) is 16.1 Å². The molecule has 1 saturated heterocycles. The van der Waals surface area contributed by atoms with Crippen LogP contribution in [0.5, 0.6) is 11.6 Å². The van der Waals surface area contributed by atoms with Crippen molar-refractivity contribution < 1.29 is 9.47 Å². The minimum Gasteiger partial charge on any atom is -0.439 e. The lowest BCUT2D eigenvalue weighted by atomic mass is 9.96. The summed E-state index contributed by atoms with van der Waals surface area (Å²) in [4.78, 5) is 17.6. The summed E-state index contributed by atoms with van der Waals surface area (Å²) in [5.74, 6) is 2.00. The topological polar surface area (TPSA) is 66.2 Å². The highest BCUT2D eigenvalue weighted by atomic mass is 16.5. The Hall–Kier alpha value is -2.99. The summed E-state index contributed by atoms with van der Waals surface area (Å²) in [6.45, 7) is 6.56. The molecule has 3 heterocycles. The van der Waals surface area contributed by atoms with Crippen LogP contribution in [-0.2, 0) is 4.74 Å². The molecule has 32 heavy (non-hydrogen) atoms. The number of benzene rings is 1. The third-order valence-electron chi connectivity index (χ3n) is 6.45. The molecule has 1 atom stereocenters. The molecule has 1 unspecified atom stereocenters. The molecule has 0 amide bonds. The highest BCUT2D eigenvalue weighted by Gasteiger charge is 2.27. The summed E-state index contributed by atoms with van der Waals surface area (Å²) in [5, 5.41) is 4.64. The number of hydrogen-bond acceptors (Lipinski definition) is 5. The Balaban J connectivity index is 1.47. The zero-order valence-electron chi connectivity index (χ0n) is 18.9. The Kier molecular flexibility index (Phi) is 5.55. The lowest BCUT2D eigenvalue weighted by Crippen LogP contribution is -2.33. The van der Waals surface area contributed by atoms with Crippen LogP contribution in [-0.4, -0.2) is 21.4 Å². The van der Waals surface area contributed by atoms with Gasteiger partial charge in [0.25, 0.3) is 5.56 Å². The molecular weight excluding hydrogens is 402 g/mol. The van der Waals surface area contributed by atoms with Gasteiger partial charge in [-0.15, -0.1) is 0 Å². The fourth-order valence-electron chi connectivity index (χ4n) is 4.60. The maximum absolute atomic E-state index is 13.1. The van der Waals surface area contributed by atoms with Gasteiger partial charge in [0.2, 0.25) is 5.88 Å². The Labute approximate surface area is 188 Å². The molecule has 5 rings (SSSR count). The lowest BCUT2D eigenvalue weighted by Gasteiger charge is -2.25. The second-order valence-electron chi connectivity index (χ2n) is 8.91. The maximum atomic E-state index is 13.1. The fourth-order valence-corrected chi connectivity index (χ4v) is 4.60. The number of aromatic nitrogens is 3. The third kappa shape index (κ3) is 3.95. The van der Waals surface area contributed by atoms with Crippen LogP contribution in [0.4, 0.5) is 0 Å². The van der Waals surface area contributed by atoms with Gasteiger partial charge in [-0.2, -0.15) is 5.10 Å². The van der Waals surface area contributed by atoms with Gasteiger partial charge in [0.15, 0.2) is 6.23 Å². The van der Waals surface area contributed by atoms with E-state index in [1.54, 1.807) is 6.20 Å². The molecule has 166 valence electrons. The SMILES string of the molecule is Cc1cc(Oc2ncccc2C2CC2)ccc1-c1c(C)nn(C2CCCCO2)c(=O)c1C. The van der Waals surface area contributed by atoms with E-state index in [1.165, 1.54) is 23.1 Å². The zero-order valence-corrected chi connectivity index (χ0v) is 18.9. The first-order valence-corrected chi connectivity index (χ1v) is 11.5. The standard InChI is InChI=1S/C26H29N3O3/c1-16-15-20(32-25-22(19-9-10-19)7-6-13-27-25)11-12-21(16)24-17(2)26(30)29(28-18(24)3)23-8-4-5-14-31-23/h6-7,11-13,15,19,23H,4-5,8-10,14H2,1-3H3. The maximum Gasteiger partial charge on any atom is 0.272 e. The van der Waals surface area contributed by atoms with E-state index < -0.39 is 0 Å². The average molecular weight is 432 g/mol. The van der Waals surface area contributed by atoms with Gasteiger partial charge in [-0.05, 0) is 88.1 Å². The van der Waals surface area contributed by atoms with Crippen LogP contribution < -0.4 is 10.3 Å². The van der Waals surface area contributed by atoms with Gasteiger partial charge in [-0.25, -0.2) is 9.67 Å². The van der Waals surface area contributed by atoms with Crippen LogP contribution in [0.1, 0.15) is 66.6 Å². The van der Waals surface area contributed by atoms with Crippen molar-refractivity contribution in [3.63, 3.8) is 0 Å². The highest BCUT2D eigenvalue weighted by Crippen LogP contribution is 2.44. The van der Waals surface area contributed by atoms with Crippen molar-refractivity contribution in [3.8, 4) is 22.8 Å². The van der Waals surface area contributed by atoms with Gasteiger partial charge in [0.1, 0.15) is 5.75 Å². The molecule has 2 aliphatic rings. The quantitative estimate of drug-likeness (QED) is 0.526. The smallest absolute Gasteiger partial charge is 0.272 e. The van der Waals surface area contributed by atoms with E-state index in [1.807, 2.05) is 45.0 Å². The van der Waals surface area contributed by atoms with Crippen LogP contribution in [0.15, 0.2) is 41.3 Å².